The molecule has 0 spiro atoms. The van der Waals surface area contributed by atoms with Crippen molar-refractivity contribution in [2.24, 2.45) is 0 Å². The number of aliphatic hydroxyl groups excluding tert-OH is 1. The van der Waals surface area contributed by atoms with Crippen molar-refractivity contribution in [1.29, 1.82) is 0 Å². The van der Waals surface area contributed by atoms with Gasteiger partial charge in [0.2, 0.25) is 0 Å². The van der Waals surface area contributed by atoms with E-state index >= 15 is 0 Å². The lowest BCUT2D eigenvalue weighted by Crippen LogP contribution is -2.28. The summed E-state index contributed by atoms with van der Waals surface area (Å²) in [5, 5.41) is 22.3. The van der Waals surface area contributed by atoms with Crippen molar-refractivity contribution in [2.75, 3.05) is 6.54 Å². The van der Waals surface area contributed by atoms with E-state index < -0.39 is 12.0 Å². The van der Waals surface area contributed by atoms with E-state index in [9.17, 15) is 15.0 Å². The lowest BCUT2D eigenvalue weighted by molar-refractivity contribution is 0.0915. The second-order valence-electron chi connectivity index (χ2n) is 4.21. The fraction of sp³-hybridized carbons (Fsp3) is 0.143. The van der Waals surface area contributed by atoms with E-state index in [2.05, 4.69) is 10.3 Å². The molecule has 2 rings (SSSR count). The number of nitrogens with zero attached hydrogens (tertiary/aromatic N) is 1. The van der Waals surface area contributed by atoms with Gasteiger partial charge in [0.25, 0.3) is 5.91 Å². The van der Waals surface area contributed by atoms with Crippen molar-refractivity contribution in [3.8, 4) is 5.75 Å². The van der Waals surface area contributed by atoms with Crippen LogP contribution in [0.4, 0.5) is 0 Å². The monoisotopic (exact) mass is 292 g/mol. The van der Waals surface area contributed by atoms with Crippen molar-refractivity contribution in [3.63, 3.8) is 0 Å². The lowest BCUT2D eigenvalue weighted by atomic mass is 10.1. The number of hydrogen-bond donors (Lipinski definition) is 3. The Balaban J connectivity index is 1.94. The van der Waals surface area contributed by atoms with Crippen molar-refractivity contribution in [1.82, 2.24) is 10.3 Å². The largest absolute Gasteiger partial charge is 0.506 e. The average Bonchev–Trinajstić information content (AvgIpc) is 2.45. The van der Waals surface area contributed by atoms with Gasteiger partial charge >= 0.3 is 0 Å². The Hall–Kier alpha value is -2.11. The number of nitrogens with one attached hydrogen (secondary N) is 1. The van der Waals surface area contributed by atoms with Crippen LogP contribution in [0, 0.1) is 0 Å². The number of rotatable bonds is 4. The van der Waals surface area contributed by atoms with Crippen molar-refractivity contribution in [3.05, 3.63) is 58.9 Å². The van der Waals surface area contributed by atoms with Crippen LogP contribution >= 0.6 is 11.6 Å². The van der Waals surface area contributed by atoms with Crippen LogP contribution in [0.3, 0.4) is 0 Å². The topological polar surface area (TPSA) is 82.5 Å². The Bertz CT molecular complexity index is 602. The summed E-state index contributed by atoms with van der Waals surface area (Å²) < 4.78 is 0. The maximum Gasteiger partial charge on any atom is 0.253 e. The fourth-order valence-corrected chi connectivity index (χ4v) is 1.77. The first kappa shape index (κ1) is 14.3. The molecular formula is C14H13ClN2O3. The van der Waals surface area contributed by atoms with Crippen molar-refractivity contribution < 1.29 is 15.0 Å². The van der Waals surface area contributed by atoms with Crippen LogP contribution in [0.15, 0.2) is 42.7 Å². The Labute approximate surface area is 120 Å². The number of aromatic hydroxyl groups is 1. The zero-order valence-corrected chi connectivity index (χ0v) is 11.2. The van der Waals surface area contributed by atoms with Gasteiger partial charge in [0.1, 0.15) is 5.75 Å². The zero-order chi connectivity index (χ0) is 14.5. The molecule has 1 heterocycles. The number of hydrogen-bond acceptors (Lipinski definition) is 4. The summed E-state index contributed by atoms with van der Waals surface area (Å²) in [6, 6.07) is 8.02. The van der Waals surface area contributed by atoms with Crippen molar-refractivity contribution in [2.45, 2.75) is 6.10 Å². The molecule has 0 saturated heterocycles. The highest BCUT2D eigenvalue weighted by Crippen LogP contribution is 2.16. The number of aromatic nitrogens is 1. The normalized spacial score (nSPS) is 11.9. The van der Waals surface area contributed by atoms with Gasteiger partial charge in [0.05, 0.1) is 17.9 Å². The molecule has 0 bridgehead atoms. The Morgan fingerprint density at radius 3 is 2.65 bits per heavy atom. The molecule has 1 atom stereocenters. The predicted octanol–water partition coefficient (Wildman–Crippen LogP) is 1.90. The number of carbonyl (C=O) groups excluding carboxylic acids is 1. The molecule has 3 N–H and O–H groups in total. The van der Waals surface area contributed by atoms with Gasteiger partial charge in [-0.15, -0.1) is 0 Å². The number of carbonyl (C=O) groups is 1. The molecule has 1 aromatic heterocycles. The molecule has 0 saturated carbocycles. The van der Waals surface area contributed by atoms with E-state index in [4.69, 9.17) is 11.6 Å². The molecule has 2 aromatic rings. The molecule has 6 heteroatoms. The Morgan fingerprint density at radius 1 is 1.30 bits per heavy atom. The summed E-state index contributed by atoms with van der Waals surface area (Å²) in [5.74, 6) is -0.502. The summed E-state index contributed by atoms with van der Waals surface area (Å²) >= 11 is 5.76. The molecule has 0 aliphatic carbocycles. The predicted molar refractivity (Wildman–Crippen MR) is 74.6 cm³/mol. The summed E-state index contributed by atoms with van der Waals surface area (Å²) in [4.78, 5) is 15.5. The number of halogens is 1. The minimum atomic E-state index is -0.832. The van der Waals surface area contributed by atoms with Crippen LogP contribution in [-0.4, -0.2) is 27.6 Å². The maximum absolute atomic E-state index is 11.8. The van der Waals surface area contributed by atoms with Crippen LogP contribution in [0.1, 0.15) is 22.0 Å². The maximum atomic E-state index is 11.8. The van der Waals surface area contributed by atoms with Gasteiger partial charge < -0.3 is 15.5 Å². The molecule has 1 unspecified atom stereocenters. The Morgan fingerprint density at radius 2 is 2.00 bits per heavy atom. The molecule has 0 aliphatic rings. The van der Waals surface area contributed by atoms with Gasteiger partial charge in [-0.1, -0.05) is 23.7 Å². The molecule has 20 heavy (non-hydrogen) atoms. The number of aliphatic hydroxyl groups is 1. The number of benzene rings is 1. The van der Waals surface area contributed by atoms with E-state index in [1.165, 1.54) is 18.5 Å². The van der Waals surface area contributed by atoms with E-state index in [-0.39, 0.29) is 17.9 Å². The lowest BCUT2D eigenvalue weighted by Gasteiger charge is -2.12. The van der Waals surface area contributed by atoms with E-state index in [0.717, 1.165) is 0 Å². The average molecular weight is 293 g/mol. The summed E-state index contributed by atoms with van der Waals surface area (Å²) in [6.07, 6.45) is 1.74. The smallest absolute Gasteiger partial charge is 0.253 e. The third kappa shape index (κ3) is 3.69. The number of pyridine rings is 1. The molecule has 5 nitrogen and oxygen atoms in total. The second-order valence-corrected chi connectivity index (χ2v) is 4.65. The first-order chi connectivity index (χ1) is 9.56. The van der Waals surface area contributed by atoms with Crippen LogP contribution < -0.4 is 5.32 Å². The first-order valence-electron chi connectivity index (χ1n) is 5.92. The highest BCUT2D eigenvalue weighted by Gasteiger charge is 2.11. The highest BCUT2D eigenvalue weighted by atomic mass is 35.5. The second kappa shape index (κ2) is 6.36. The van der Waals surface area contributed by atoms with Gasteiger partial charge in [-0.25, -0.2) is 0 Å². The zero-order valence-electron chi connectivity index (χ0n) is 10.5. The van der Waals surface area contributed by atoms with Crippen LogP contribution in [0.25, 0.3) is 0 Å². The van der Waals surface area contributed by atoms with Crippen LogP contribution in [0.5, 0.6) is 5.75 Å². The standard InChI is InChI=1S/C14H13ClN2O3/c15-11-3-1-9(2-4-11)13(19)8-17-14(20)10-5-12(18)7-16-6-10/h1-7,13,18-19H,8H2,(H,17,20). The van der Waals surface area contributed by atoms with Gasteiger partial charge in [-0.3, -0.25) is 9.78 Å². The minimum Gasteiger partial charge on any atom is -0.506 e. The summed E-state index contributed by atoms with van der Waals surface area (Å²) in [5.41, 5.74) is 0.886. The molecule has 0 radical (unpaired) electrons. The first-order valence-corrected chi connectivity index (χ1v) is 6.30. The van der Waals surface area contributed by atoms with Crippen LogP contribution in [-0.2, 0) is 0 Å². The fourth-order valence-electron chi connectivity index (χ4n) is 1.65. The third-order valence-electron chi connectivity index (χ3n) is 2.70. The number of amides is 1. The third-order valence-corrected chi connectivity index (χ3v) is 2.95. The van der Waals surface area contributed by atoms with Gasteiger partial charge in [-0.05, 0) is 23.8 Å². The molecule has 1 aromatic carbocycles. The molecule has 104 valence electrons. The van der Waals surface area contributed by atoms with E-state index in [0.29, 0.717) is 10.6 Å². The summed E-state index contributed by atoms with van der Waals surface area (Å²) in [7, 11) is 0. The SMILES string of the molecule is O=C(NCC(O)c1ccc(Cl)cc1)c1cncc(O)c1. The van der Waals surface area contributed by atoms with Crippen LogP contribution in [0.2, 0.25) is 5.02 Å². The minimum absolute atomic E-state index is 0.0517. The highest BCUT2D eigenvalue weighted by molar-refractivity contribution is 6.30. The Kier molecular flexibility index (Phi) is 4.55. The quantitative estimate of drug-likeness (QED) is 0.804. The van der Waals surface area contributed by atoms with Gasteiger partial charge in [0.15, 0.2) is 0 Å². The molecule has 0 fully saturated rings. The van der Waals surface area contributed by atoms with E-state index in [1.54, 1.807) is 24.3 Å². The van der Waals surface area contributed by atoms with Gasteiger partial charge in [-0.2, -0.15) is 0 Å². The molecule has 1 amide bonds. The van der Waals surface area contributed by atoms with E-state index in [1.807, 2.05) is 0 Å². The van der Waals surface area contributed by atoms with Crippen molar-refractivity contribution >= 4 is 17.5 Å². The molecular weight excluding hydrogens is 280 g/mol. The van der Waals surface area contributed by atoms with Gasteiger partial charge in [0, 0.05) is 17.8 Å². The molecule has 0 aliphatic heterocycles. The summed E-state index contributed by atoms with van der Waals surface area (Å²) in [6.45, 7) is 0.0517.